The van der Waals surface area contributed by atoms with Crippen LogP contribution in [0.4, 0.5) is 0 Å². The summed E-state index contributed by atoms with van der Waals surface area (Å²) in [7, 11) is 0. The third-order valence-corrected chi connectivity index (χ3v) is 4.04. The molecular weight excluding hydrogens is 296 g/mol. The summed E-state index contributed by atoms with van der Waals surface area (Å²) < 4.78 is 0. The summed E-state index contributed by atoms with van der Waals surface area (Å²) in [6.45, 7) is 3.46. The molecule has 0 bridgehead atoms. The zero-order chi connectivity index (χ0) is 17.3. The van der Waals surface area contributed by atoms with E-state index in [1.165, 1.54) is 0 Å². The van der Waals surface area contributed by atoms with Crippen molar-refractivity contribution in [3.63, 3.8) is 0 Å². The molecule has 0 saturated heterocycles. The van der Waals surface area contributed by atoms with Crippen LogP contribution in [0, 0.1) is 11.8 Å². The van der Waals surface area contributed by atoms with Crippen LogP contribution >= 0.6 is 0 Å². The number of nitrogens with two attached hydrogens (primary N) is 2. The molecule has 6 heteroatoms. The second kappa shape index (κ2) is 6.16. The zero-order valence-corrected chi connectivity index (χ0v) is 13.0. The fraction of sp³-hybridized carbons (Fsp3) is 0.294. The van der Waals surface area contributed by atoms with E-state index >= 15 is 0 Å². The minimum Gasteiger partial charge on any atom is -0.369 e. The monoisotopic (exact) mass is 314 g/mol. The standard InChI is InChI=1S/C17H18N2O4/c1-8-6-12(16(18)22)14(20)10(8)4-3-5-11-9(2)7-13(15(11)21)17(19)23/h4-7,12-13H,3H2,1-2H3,(H2,18,22)(H2,19,23). The maximum absolute atomic E-state index is 12.1. The number of amides is 2. The molecule has 6 nitrogen and oxygen atoms in total. The molecule has 0 heterocycles. The molecule has 0 spiro atoms. The molecule has 2 amide bonds. The van der Waals surface area contributed by atoms with E-state index in [1.807, 2.05) is 0 Å². The highest BCUT2D eigenvalue weighted by molar-refractivity contribution is 6.16. The third kappa shape index (κ3) is 3.06. The molecule has 2 unspecified atom stereocenters. The molecule has 2 atom stereocenters. The van der Waals surface area contributed by atoms with Crippen LogP contribution in [0.25, 0.3) is 0 Å². The van der Waals surface area contributed by atoms with Gasteiger partial charge in [-0.15, -0.1) is 0 Å². The first-order chi connectivity index (χ1) is 10.7. The molecule has 0 aromatic rings. The molecule has 0 aromatic carbocycles. The van der Waals surface area contributed by atoms with Gasteiger partial charge in [-0.1, -0.05) is 24.3 Å². The van der Waals surface area contributed by atoms with Crippen molar-refractivity contribution < 1.29 is 19.2 Å². The summed E-state index contributed by atoms with van der Waals surface area (Å²) in [6.07, 6.45) is 6.72. The van der Waals surface area contributed by atoms with Gasteiger partial charge in [0.15, 0.2) is 11.6 Å². The van der Waals surface area contributed by atoms with Crippen LogP contribution in [-0.4, -0.2) is 23.4 Å². The van der Waals surface area contributed by atoms with Gasteiger partial charge in [0.1, 0.15) is 11.8 Å². The molecule has 0 saturated carbocycles. The summed E-state index contributed by atoms with van der Waals surface area (Å²) in [5, 5.41) is 0. The van der Waals surface area contributed by atoms with Gasteiger partial charge in [-0.3, -0.25) is 19.2 Å². The third-order valence-electron chi connectivity index (χ3n) is 4.04. The lowest BCUT2D eigenvalue weighted by molar-refractivity contribution is -0.129. The molecular formula is C17H18N2O4. The number of hydrogen-bond donors (Lipinski definition) is 2. The predicted molar refractivity (Wildman–Crippen MR) is 83.7 cm³/mol. The number of allylic oxidation sites excluding steroid dienone is 6. The second-order valence-corrected chi connectivity index (χ2v) is 5.66. The smallest absolute Gasteiger partial charge is 0.232 e. The van der Waals surface area contributed by atoms with Gasteiger partial charge < -0.3 is 11.5 Å². The van der Waals surface area contributed by atoms with E-state index in [4.69, 9.17) is 11.5 Å². The lowest BCUT2D eigenvalue weighted by Gasteiger charge is -2.03. The highest BCUT2D eigenvalue weighted by Crippen LogP contribution is 2.28. The van der Waals surface area contributed by atoms with Crippen LogP contribution in [0.5, 0.6) is 0 Å². The van der Waals surface area contributed by atoms with Gasteiger partial charge >= 0.3 is 0 Å². The number of rotatable bonds is 4. The zero-order valence-electron chi connectivity index (χ0n) is 13.0. The van der Waals surface area contributed by atoms with Crippen molar-refractivity contribution in [2.24, 2.45) is 23.3 Å². The minimum atomic E-state index is -0.914. The van der Waals surface area contributed by atoms with Crippen molar-refractivity contribution in [3.8, 4) is 0 Å². The Morgan fingerprint density at radius 2 is 1.26 bits per heavy atom. The SMILES string of the molecule is CC1=CC(C(N)=O)C(=O)C1=CCC=C1C(=O)C(C(N)=O)C=C1C. The number of Topliss-reactive ketones (excluding diaryl/α,β-unsaturated/α-hetero) is 2. The quantitative estimate of drug-likeness (QED) is 0.579. The Kier molecular flexibility index (Phi) is 4.45. The van der Waals surface area contributed by atoms with Crippen LogP contribution in [0.3, 0.4) is 0 Å². The summed E-state index contributed by atoms with van der Waals surface area (Å²) in [4.78, 5) is 46.5. The van der Waals surface area contributed by atoms with Gasteiger partial charge in [-0.2, -0.15) is 0 Å². The van der Waals surface area contributed by atoms with E-state index in [9.17, 15) is 19.2 Å². The molecule has 2 rings (SSSR count). The molecule has 4 N–H and O–H groups in total. The lowest BCUT2D eigenvalue weighted by atomic mass is 10.0. The van der Waals surface area contributed by atoms with E-state index in [-0.39, 0.29) is 11.6 Å². The first-order valence-electron chi connectivity index (χ1n) is 7.19. The van der Waals surface area contributed by atoms with Crippen molar-refractivity contribution in [2.75, 3.05) is 0 Å². The first kappa shape index (κ1) is 16.6. The Hall–Kier alpha value is -2.76. The van der Waals surface area contributed by atoms with Gasteiger partial charge in [0.25, 0.3) is 0 Å². The van der Waals surface area contributed by atoms with Crippen LogP contribution in [0.15, 0.2) is 46.6 Å². The van der Waals surface area contributed by atoms with Gasteiger partial charge in [-0.05, 0) is 31.4 Å². The number of carbonyl (C=O) groups excluding carboxylic acids is 4. The van der Waals surface area contributed by atoms with E-state index in [0.29, 0.717) is 28.7 Å². The summed E-state index contributed by atoms with van der Waals surface area (Å²) in [5.41, 5.74) is 12.6. The molecule has 0 radical (unpaired) electrons. The van der Waals surface area contributed by atoms with Crippen LogP contribution < -0.4 is 11.5 Å². The average Bonchev–Trinajstić information content (AvgIpc) is 2.90. The minimum absolute atomic E-state index is 0.326. The van der Waals surface area contributed by atoms with Crippen molar-refractivity contribution in [1.82, 2.24) is 0 Å². The van der Waals surface area contributed by atoms with E-state index in [0.717, 1.165) is 0 Å². The van der Waals surface area contributed by atoms with Gasteiger partial charge in [0.2, 0.25) is 11.8 Å². The molecule has 0 fully saturated rings. The average molecular weight is 314 g/mol. The summed E-state index contributed by atoms with van der Waals surface area (Å²) >= 11 is 0. The maximum atomic E-state index is 12.1. The second-order valence-electron chi connectivity index (χ2n) is 5.66. The Balaban J connectivity index is 2.16. The van der Waals surface area contributed by atoms with Crippen LogP contribution in [0.2, 0.25) is 0 Å². The van der Waals surface area contributed by atoms with Crippen molar-refractivity contribution >= 4 is 23.4 Å². The molecule has 0 aliphatic heterocycles. The number of carbonyl (C=O) groups is 4. The van der Waals surface area contributed by atoms with Gasteiger partial charge in [0.05, 0.1) is 0 Å². The Morgan fingerprint density at radius 3 is 1.52 bits per heavy atom. The molecule has 0 aromatic heterocycles. The topological polar surface area (TPSA) is 120 Å². The predicted octanol–water partition coefficient (Wildman–Crippen LogP) is 0.490. The fourth-order valence-corrected chi connectivity index (χ4v) is 2.80. The Morgan fingerprint density at radius 1 is 0.913 bits per heavy atom. The lowest BCUT2D eigenvalue weighted by Crippen LogP contribution is -2.26. The maximum Gasteiger partial charge on any atom is 0.232 e. The highest BCUT2D eigenvalue weighted by Gasteiger charge is 2.33. The van der Waals surface area contributed by atoms with Gasteiger partial charge in [0, 0.05) is 11.1 Å². The van der Waals surface area contributed by atoms with Crippen molar-refractivity contribution in [3.05, 3.63) is 46.6 Å². The van der Waals surface area contributed by atoms with Gasteiger partial charge in [-0.25, -0.2) is 0 Å². The Bertz CT molecular complexity index is 676. The van der Waals surface area contributed by atoms with Crippen LogP contribution in [0.1, 0.15) is 20.3 Å². The number of primary amides is 2. The fourth-order valence-electron chi connectivity index (χ4n) is 2.80. The number of hydrogen-bond acceptors (Lipinski definition) is 4. The largest absolute Gasteiger partial charge is 0.369 e. The number of ketones is 2. The summed E-state index contributed by atoms with van der Waals surface area (Å²) in [6, 6.07) is 0. The summed E-state index contributed by atoms with van der Waals surface area (Å²) in [5.74, 6) is -3.83. The van der Waals surface area contributed by atoms with Crippen molar-refractivity contribution in [2.45, 2.75) is 20.3 Å². The van der Waals surface area contributed by atoms with Crippen LogP contribution in [-0.2, 0) is 19.2 Å². The van der Waals surface area contributed by atoms with E-state index < -0.39 is 23.7 Å². The molecule has 2 aliphatic carbocycles. The van der Waals surface area contributed by atoms with E-state index in [2.05, 4.69) is 0 Å². The normalized spacial score (nSPS) is 27.6. The first-order valence-corrected chi connectivity index (χ1v) is 7.19. The Labute approximate surface area is 133 Å². The van der Waals surface area contributed by atoms with E-state index in [1.54, 1.807) is 38.2 Å². The molecule has 2 aliphatic rings. The molecule has 23 heavy (non-hydrogen) atoms. The molecule has 120 valence electrons. The van der Waals surface area contributed by atoms with Crippen molar-refractivity contribution in [1.29, 1.82) is 0 Å². The highest BCUT2D eigenvalue weighted by atomic mass is 16.2.